The molecule has 2 fully saturated rings. The number of halogens is 5. The molecule has 0 spiro atoms. The van der Waals surface area contributed by atoms with Crippen LogP contribution in [0.2, 0.25) is 0 Å². The predicted molar refractivity (Wildman–Crippen MR) is 147 cm³/mol. The molecule has 0 aromatic heterocycles. The fraction of sp³-hybridized carbons (Fsp3) is 0.367. The van der Waals surface area contributed by atoms with Crippen LogP contribution in [0.25, 0.3) is 0 Å². The van der Waals surface area contributed by atoms with Gasteiger partial charge in [-0.1, -0.05) is 36.4 Å². The Kier molecular flexibility index (Phi) is 8.64. The minimum Gasteiger partial charge on any atom is -0.465 e. The molecule has 2 saturated carbocycles. The maximum absolute atomic E-state index is 15.4. The summed E-state index contributed by atoms with van der Waals surface area (Å²) in [6.07, 6.45) is -1.06. The third kappa shape index (κ3) is 5.79. The van der Waals surface area contributed by atoms with Gasteiger partial charge in [-0.05, 0) is 89.9 Å². The van der Waals surface area contributed by atoms with Gasteiger partial charge in [0.2, 0.25) is 0 Å². The highest BCUT2D eigenvalue weighted by Crippen LogP contribution is 2.71. The molecule has 43 heavy (non-hydrogen) atoms. The highest BCUT2D eigenvalue weighted by atomic mass is 32.3. The molecule has 6 nitrogen and oxygen atoms in total. The van der Waals surface area contributed by atoms with Crippen LogP contribution in [-0.4, -0.2) is 43.4 Å². The molecule has 232 valence electrons. The van der Waals surface area contributed by atoms with Crippen LogP contribution in [0, 0.1) is 23.6 Å². The second kappa shape index (κ2) is 11.8. The first-order valence-electron chi connectivity index (χ1n) is 13.5. The zero-order chi connectivity index (χ0) is 31.0. The number of esters is 1. The SMILES string of the molecule is O=C(OCCC(F)(F)C(F)(F)S(=O)(=O)OS(c1ccccc1)(c1ccccc1)c1ccc(F)cc1)C1CC2CC1CC2O. The number of carbonyl (C=O) groups is 1. The zero-order valence-corrected chi connectivity index (χ0v) is 24.3. The van der Waals surface area contributed by atoms with Gasteiger partial charge < -0.3 is 9.84 Å². The van der Waals surface area contributed by atoms with Gasteiger partial charge in [-0.15, -0.1) is 0 Å². The van der Waals surface area contributed by atoms with Crippen molar-refractivity contribution in [2.24, 2.45) is 17.8 Å². The molecule has 2 bridgehead atoms. The number of carbonyl (C=O) groups excluding carboxylic acids is 1. The molecule has 4 unspecified atom stereocenters. The molecule has 0 radical (unpaired) electrons. The maximum Gasteiger partial charge on any atom is 0.432 e. The summed E-state index contributed by atoms with van der Waals surface area (Å²) >= 11 is 0. The third-order valence-corrected chi connectivity index (χ3v) is 13.3. The number of rotatable bonds is 11. The van der Waals surface area contributed by atoms with Crippen molar-refractivity contribution >= 4 is 26.4 Å². The van der Waals surface area contributed by atoms with Gasteiger partial charge in [0.25, 0.3) is 0 Å². The summed E-state index contributed by atoms with van der Waals surface area (Å²) in [6.45, 7) is -1.15. The van der Waals surface area contributed by atoms with Crippen molar-refractivity contribution in [1.82, 2.24) is 0 Å². The fourth-order valence-electron chi connectivity index (χ4n) is 5.80. The van der Waals surface area contributed by atoms with Crippen LogP contribution >= 0.6 is 10.3 Å². The normalized spacial score (nSPS) is 22.8. The Bertz CT molecular complexity index is 1500. The van der Waals surface area contributed by atoms with Crippen molar-refractivity contribution in [3.05, 3.63) is 90.7 Å². The number of hydrogen-bond acceptors (Lipinski definition) is 6. The molecule has 1 N–H and O–H groups in total. The second-order valence-corrected chi connectivity index (χ2v) is 15.2. The van der Waals surface area contributed by atoms with E-state index in [1.807, 2.05) is 0 Å². The Morgan fingerprint density at radius 3 is 1.81 bits per heavy atom. The molecule has 13 heteroatoms. The van der Waals surface area contributed by atoms with Gasteiger partial charge in [0.05, 0.1) is 25.0 Å². The van der Waals surface area contributed by atoms with Crippen molar-refractivity contribution in [3.63, 3.8) is 0 Å². The molecule has 0 saturated heterocycles. The Morgan fingerprint density at radius 1 is 0.791 bits per heavy atom. The highest BCUT2D eigenvalue weighted by Gasteiger charge is 2.68. The Labute approximate surface area is 247 Å². The summed E-state index contributed by atoms with van der Waals surface area (Å²) in [5.74, 6) is -7.65. The van der Waals surface area contributed by atoms with E-state index < -0.39 is 68.4 Å². The molecule has 4 atom stereocenters. The van der Waals surface area contributed by atoms with Crippen molar-refractivity contribution in [2.45, 2.75) is 57.7 Å². The van der Waals surface area contributed by atoms with Crippen molar-refractivity contribution in [1.29, 1.82) is 0 Å². The molecule has 2 aliphatic rings. The van der Waals surface area contributed by atoms with Crippen LogP contribution in [0.3, 0.4) is 0 Å². The molecular weight excluding hydrogens is 615 g/mol. The minimum atomic E-state index is -6.42. The topological polar surface area (TPSA) is 89.9 Å². The summed E-state index contributed by atoms with van der Waals surface area (Å²) in [4.78, 5) is 12.6. The van der Waals surface area contributed by atoms with Crippen LogP contribution < -0.4 is 0 Å². The van der Waals surface area contributed by atoms with E-state index in [0.717, 1.165) is 24.3 Å². The number of ether oxygens (including phenoxy) is 1. The van der Waals surface area contributed by atoms with E-state index in [0.29, 0.717) is 19.3 Å². The quantitative estimate of drug-likeness (QED) is 0.180. The summed E-state index contributed by atoms with van der Waals surface area (Å²) in [6, 6.07) is 19.1. The van der Waals surface area contributed by atoms with E-state index in [1.54, 1.807) is 12.1 Å². The van der Waals surface area contributed by atoms with Crippen molar-refractivity contribution in [2.75, 3.05) is 6.61 Å². The zero-order valence-electron chi connectivity index (χ0n) is 22.6. The number of benzene rings is 3. The van der Waals surface area contributed by atoms with Crippen LogP contribution in [0.15, 0.2) is 99.6 Å². The van der Waals surface area contributed by atoms with Crippen molar-refractivity contribution < 1.29 is 48.6 Å². The van der Waals surface area contributed by atoms with Gasteiger partial charge in [-0.3, -0.25) is 4.79 Å². The number of fused-ring (bicyclic) bond motifs is 2. The Hall–Kier alpha value is -3.00. The first-order chi connectivity index (χ1) is 20.3. The van der Waals surface area contributed by atoms with Crippen molar-refractivity contribution in [3.8, 4) is 0 Å². The van der Waals surface area contributed by atoms with Crippen LogP contribution in [0.5, 0.6) is 0 Å². The Balaban J connectivity index is 1.43. The van der Waals surface area contributed by atoms with Gasteiger partial charge in [0.15, 0.2) is 0 Å². The number of aliphatic hydroxyl groups is 1. The molecule has 3 aromatic rings. The van der Waals surface area contributed by atoms with E-state index in [9.17, 15) is 22.7 Å². The lowest BCUT2D eigenvalue weighted by Gasteiger charge is -2.40. The highest BCUT2D eigenvalue weighted by molar-refractivity contribution is 8.33. The van der Waals surface area contributed by atoms with Gasteiger partial charge in [0.1, 0.15) is 5.82 Å². The molecule has 5 rings (SSSR count). The van der Waals surface area contributed by atoms with Gasteiger partial charge in [0, 0.05) is 14.7 Å². The molecular formula is C30H29F5O6S2. The average molecular weight is 645 g/mol. The largest absolute Gasteiger partial charge is 0.465 e. The average Bonchev–Trinajstić information content (AvgIpc) is 3.57. The molecule has 0 amide bonds. The van der Waals surface area contributed by atoms with E-state index in [2.05, 4.69) is 0 Å². The first kappa shape index (κ1) is 31.4. The standard InChI is InChI=1S/C30H29F5O6S2/c31-22-11-13-25(14-12-22)42(23-7-3-1-4-8-23,24-9-5-2-6-10-24)41-43(38,39)30(34,35)29(32,33)15-16-40-28(37)26-18-21-17-20(26)19-27(21)36/h1-14,20-21,26-27,36H,15-19H2. The predicted octanol–water partition coefficient (Wildman–Crippen LogP) is 6.94. The lowest BCUT2D eigenvalue weighted by molar-refractivity contribution is -0.176. The monoisotopic (exact) mass is 644 g/mol. The molecule has 3 aromatic carbocycles. The molecule has 0 aliphatic heterocycles. The van der Waals surface area contributed by atoms with Crippen LogP contribution in [0.4, 0.5) is 22.0 Å². The third-order valence-electron chi connectivity index (χ3n) is 8.01. The first-order valence-corrected chi connectivity index (χ1v) is 16.5. The number of alkyl halides is 4. The summed E-state index contributed by atoms with van der Waals surface area (Å²) in [7, 11) is -10.1. The Morgan fingerprint density at radius 2 is 1.33 bits per heavy atom. The fourth-order valence-corrected chi connectivity index (χ4v) is 11.0. The van der Waals surface area contributed by atoms with E-state index in [4.69, 9.17) is 8.37 Å². The molecule has 2 aliphatic carbocycles. The van der Waals surface area contributed by atoms with Crippen LogP contribution in [-0.2, 0) is 23.3 Å². The van der Waals surface area contributed by atoms with Gasteiger partial charge >= 0.3 is 27.3 Å². The number of aliphatic hydroxyl groups excluding tert-OH is 1. The second-order valence-electron chi connectivity index (χ2n) is 10.7. The van der Waals surface area contributed by atoms with E-state index >= 15 is 17.6 Å². The van der Waals surface area contributed by atoms with Gasteiger partial charge in [-0.2, -0.15) is 26.0 Å². The van der Waals surface area contributed by atoms with Gasteiger partial charge in [-0.25, -0.2) is 8.02 Å². The lowest BCUT2D eigenvalue weighted by atomic mass is 9.87. The molecule has 0 heterocycles. The van der Waals surface area contributed by atoms with E-state index in [1.165, 1.54) is 48.5 Å². The number of hydrogen-bond donors (Lipinski definition) is 1. The lowest BCUT2D eigenvalue weighted by Crippen LogP contribution is -2.48. The maximum atomic E-state index is 15.4. The van der Waals surface area contributed by atoms with E-state index in [-0.39, 0.29) is 26.5 Å². The summed E-state index contributed by atoms with van der Waals surface area (Å²) in [5.41, 5.74) is 0. The van der Waals surface area contributed by atoms with Crippen LogP contribution in [0.1, 0.15) is 25.7 Å². The summed E-state index contributed by atoms with van der Waals surface area (Å²) in [5, 5.41) is 4.11. The smallest absolute Gasteiger partial charge is 0.432 e. The summed E-state index contributed by atoms with van der Waals surface area (Å²) < 4.78 is 112. The minimum absolute atomic E-state index is 0.0288.